The fourth-order valence-electron chi connectivity index (χ4n) is 2.95. The summed E-state index contributed by atoms with van der Waals surface area (Å²) in [5.74, 6) is -0.171. The number of aromatic nitrogens is 2. The normalized spacial score (nSPS) is 13.5. The van der Waals surface area contributed by atoms with Crippen molar-refractivity contribution in [3.63, 3.8) is 0 Å². The quantitative estimate of drug-likeness (QED) is 0.463. The fraction of sp³-hybridized carbons (Fsp3) is 0.348. The van der Waals surface area contributed by atoms with Gasteiger partial charge in [0.05, 0.1) is 6.54 Å². The van der Waals surface area contributed by atoms with E-state index in [-0.39, 0.29) is 18.3 Å². The van der Waals surface area contributed by atoms with Crippen LogP contribution in [-0.4, -0.2) is 71.9 Å². The Balaban J connectivity index is 0.000000175. The first kappa shape index (κ1) is 25.3. The maximum Gasteiger partial charge on any atom is 0.242 e. The smallest absolute Gasteiger partial charge is 0.242 e. The third kappa shape index (κ3) is 8.64. The van der Waals surface area contributed by atoms with Gasteiger partial charge in [0.25, 0.3) is 0 Å². The van der Waals surface area contributed by atoms with Crippen molar-refractivity contribution in [2.75, 3.05) is 39.8 Å². The lowest BCUT2D eigenvalue weighted by atomic mass is 10.2. The van der Waals surface area contributed by atoms with Crippen molar-refractivity contribution in [1.29, 1.82) is 0 Å². The topological polar surface area (TPSA) is 81.3 Å². The van der Waals surface area contributed by atoms with Crippen LogP contribution in [-0.2, 0) is 9.59 Å². The number of rotatable bonds is 3. The minimum atomic E-state index is -0.171. The third-order valence-corrected chi connectivity index (χ3v) is 4.99. The van der Waals surface area contributed by atoms with Gasteiger partial charge >= 0.3 is 0 Å². The molecule has 2 amide bonds. The molecule has 0 bridgehead atoms. The second-order valence-corrected chi connectivity index (χ2v) is 7.89. The summed E-state index contributed by atoms with van der Waals surface area (Å²) >= 11 is 5.70. The molecule has 0 unspecified atom stereocenters. The van der Waals surface area contributed by atoms with Crippen LogP contribution in [0.5, 0.6) is 0 Å². The van der Waals surface area contributed by atoms with Gasteiger partial charge in [0.2, 0.25) is 12.3 Å². The first-order valence-corrected chi connectivity index (χ1v) is 10.6. The number of H-pyrrole nitrogens is 1. The van der Waals surface area contributed by atoms with E-state index in [0.717, 1.165) is 48.5 Å². The molecule has 7 nitrogen and oxygen atoms in total. The number of aromatic amines is 1. The number of hydrogen-bond acceptors (Lipinski definition) is 4. The van der Waals surface area contributed by atoms with Crippen molar-refractivity contribution in [1.82, 2.24) is 25.1 Å². The molecular weight excluding hydrogens is 433 g/mol. The molecule has 1 fully saturated rings. The third-order valence-electron chi connectivity index (χ3n) is 4.78. The number of halogens is 2. The SMILES string of the molecule is CN1CCN(C(=O)CNC=O)CC1.Cc1cc2ccc(Cl)nc2[nH]1.Cc1ccc(F)cc1. The highest BCUT2D eigenvalue weighted by atomic mass is 35.5. The van der Waals surface area contributed by atoms with E-state index in [1.54, 1.807) is 23.1 Å². The molecule has 1 aliphatic heterocycles. The van der Waals surface area contributed by atoms with Crippen LogP contribution in [0.3, 0.4) is 0 Å². The molecule has 0 saturated carbocycles. The van der Waals surface area contributed by atoms with Gasteiger partial charge in [-0.1, -0.05) is 29.3 Å². The number of nitrogens with zero attached hydrogens (tertiary/aromatic N) is 3. The maximum absolute atomic E-state index is 12.1. The van der Waals surface area contributed by atoms with E-state index in [1.165, 1.54) is 12.1 Å². The van der Waals surface area contributed by atoms with Crippen molar-refractivity contribution in [2.45, 2.75) is 13.8 Å². The number of carbonyl (C=O) groups excluding carboxylic acids is 2. The molecule has 0 spiro atoms. The highest BCUT2D eigenvalue weighted by molar-refractivity contribution is 6.29. The zero-order valence-electron chi connectivity index (χ0n) is 18.6. The lowest BCUT2D eigenvalue weighted by Crippen LogP contribution is -2.49. The first-order chi connectivity index (χ1) is 15.3. The number of benzene rings is 1. The molecule has 0 radical (unpaired) electrons. The van der Waals surface area contributed by atoms with E-state index in [0.29, 0.717) is 11.6 Å². The summed E-state index contributed by atoms with van der Waals surface area (Å²) in [5.41, 5.74) is 3.05. The number of pyridine rings is 1. The zero-order chi connectivity index (χ0) is 23.5. The molecule has 1 aliphatic rings. The average Bonchev–Trinajstić information content (AvgIpc) is 3.14. The molecule has 2 N–H and O–H groups in total. The van der Waals surface area contributed by atoms with Crippen molar-refractivity contribution in [3.8, 4) is 0 Å². The maximum atomic E-state index is 12.1. The van der Waals surface area contributed by atoms with Gasteiger partial charge in [-0.15, -0.1) is 0 Å². The van der Waals surface area contributed by atoms with Crippen LogP contribution < -0.4 is 5.32 Å². The molecule has 3 aromatic rings. The predicted molar refractivity (Wildman–Crippen MR) is 125 cm³/mol. The molecule has 9 heteroatoms. The Morgan fingerprint density at radius 3 is 2.41 bits per heavy atom. The standard InChI is InChI=1S/C8H7ClN2.C8H15N3O2.C7H7F/c1-5-4-6-2-3-7(9)11-8(6)10-5;1-10-2-4-11(5-3-10)8(13)6-9-7-12;1-6-2-4-7(8)5-3-6/h2-4H,1H3,(H,10,11);7H,2-6H2,1H3,(H,9,12);2-5H,1H3. The number of nitrogens with one attached hydrogen (secondary N) is 2. The van der Waals surface area contributed by atoms with Crippen LogP contribution in [0.1, 0.15) is 11.3 Å². The summed E-state index contributed by atoms with van der Waals surface area (Å²) in [4.78, 5) is 32.5. The van der Waals surface area contributed by atoms with E-state index in [2.05, 4.69) is 20.2 Å². The number of aryl methyl sites for hydroxylation is 2. The summed E-state index contributed by atoms with van der Waals surface area (Å²) < 4.78 is 12.1. The first-order valence-electron chi connectivity index (χ1n) is 10.3. The predicted octanol–water partition coefficient (Wildman–Crippen LogP) is 3.17. The van der Waals surface area contributed by atoms with Gasteiger partial charge in [0, 0.05) is 37.3 Å². The van der Waals surface area contributed by atoms with Gasteiger partial charge in [0.15, 0.2) is 0 Å². The highest BCUT2D eigenvalue weighted by Crippen LogP contribution is 2.15. The molecule has 2 aromatic heterocycles. The number of piperazine rings is 1. The van der Waals surface area contributed by atoms with Gasteiger partial charge in [-0.3, -0.25) is 9.59 Å². The molecule has 4 rings (SSSR count). The van der Waals surface area contributed by atoms with E-state index in [4.69, 9.17) is 11.6 Å². The molecule has 0 atom stereocenters. The monoisotopic (exact) mass is 461 g/mol. The van der Waals surface area contributed by atoms with Crippen LogP contribution in [0.4, 0.5) is 4.39 Å². The van der Waals surface area contributed by atoms with Gasteiger partial charge in [-0.25, -0.2) is 9.37 Å². The second kappa shape index (κ2) is 12.8. The van der Waals surface area contributed by atoms with Gasteiger partial charge in [0.1, 0.15) is 16.6 Å². The summed E-state index contributed by atoms with van der Waals surface area (Å²) in [6.07, 6.45) is 0.550. The Morgan fingerprint density at radius 1 is 1.16 bits per heavy atom. The minimum Gasteiger partial charge on any atom is -0.350 e. The van der Waals surface area contributed by atoms with Crippen molar-refractivity contribution >= 4 is 35.0 Å². The summed E-state index contributed by atoms with van der Waals surface area (Å²) in [6.45, 7) is 7.38. The van der Waals surface area contributed by atoms with Crippen molar-refractivity contribution in [3.05, 3.63) is 64.7 Å². The van der Waals surface area contributed by atoms with Crippen LogP contribution in [0.15, 0.2) is 42.5 Å². The Morgan fingerprint density at radius 2 is 1.81 bits per heavy atom. The minimum absolute atomic E-state index is 0.000185. The van der Waals surface area contributed by atoms with Crippen LogP contribution in [0.2, 0.25) is 5.15 Å². The lowest BCUT2D eigenvalue weighted by molar-refractivity contribution is -0.132. The van der Waals surface area contributed by atoms with Crippen molar-refractivity contribution < 1.29 is 14.0 Å². The van der Waals surface area contributed by atoms with Crippen LogP contribution in [0.25, 0.3) is 11.0 Å². The van der Waals surface area contributed by atoms with Gasteiger partial charge < -0.3 is 20.1 Å². The molecule has 172 valence electrons. The largest absolute Gasteiger partial charge is 0.350 e. The zero-order valence-corrected chi connectivity index (χ0v) is 19.3. The second-order valence-electron chi connectivity index (χ2n) is 7.50. The molecule has 32 heavy (non-hydrogen) atoms. The molecule has 0 aliphatic carbocycles. The number of carbonyl (C=O) groups is 2. The number of hydrogen-bond donors (Lipinski definition) is 2. The highest BCUT2D eigenvalue weighted by Gasteiger charge is 2.17. The van der Waals surface area contributed by atoms with Gasteiger partial charge in [-0.05, 0) is 51.2 Å². The summed E-state index contributed by atoms with van der Waals surface area (Å²) in [6, 6.07) is 12.2. The molecule has 1 saturated heterocycles. The molecular formula is C23H29ClFN5O2. The Kier molecular flexibility index (Phi) is 10.1. The van der Waals surface area contributed by atoms with Crippen molar-refractivity contribution in [2.24, 2.45) is 0 Å². The number of fused-ring (bicyclic) bond motifs is 1. The fourth-order valence-corrected chi connectivity index (χ4v) is 3.10. The lowest BCUT2D eigenvalue weighted by Gasteiger charge is -2.32. The number of amides is 2. The Bertz CT molecular complexity index is 980. The summed E-state index contributed by atoms with van der Waals surface area (Å²) in [7, 11) is 2.03. The number of likely N-dealkylation sites (N-methyl/N-ethyl adjacent to an activating group) is 1. The van der Waals surface area contributed by atoms with E-state index in [1.807, 2.05) is 33.0 Å². The average molecular weight is 462 g/mol. The van der Waals surface area contributed by atoms with E-state index < -0.39 is 0 Å². The summed E-state index contributed by atoms with van der Waals surface area (Å²) in [5, 5.41) is 4.00. The van der Waals surface area contributed by atoms with E-state index >= 15 is 0 Å². The molecule has 3 heterocycles. The van der Waals surface area contributed by atoms with E-state index in [9.17, 15) is 14.0 Å². The Labute approximate surface area is 192 Å². The van der Waals surface area contributed by atoms with Gasteiger partial charge in [-0.2, -0.15) is 0 Å². The van der Waals surface area contributed by atoms with Crippen LogP contribution in [0, 0.1) is 19.7 Å². The molecule has 1 aromatic carbocycles. The van der Waals surface area contributed by atoms with Crippen LogP contribution >= 0.6 is 11.6 Å². The Hall–Kier alpha value is -2.97.